The van der Waals surface area contributed by atoms with Crippen LogP contribution in [-0.4, -0.2) is 27.9 Å². The largest absolute Gasteiger partial charge is 0.383 e. The number of halogens is 1. The lowest BCUT2D eigenvalue weighted by Crippen LogP contribution is -2.25. The van der Waals surface area contributed by atoms with Gasteiger partial charge in [0.25, 0.3) is 0 Å². The fourth-order valence-electron chi connectivity index (χ4n) is 2.31. The summed E-state index contributed by atoms with van der Waals surface area (Å²) in [6.07, 6.45) is 2.74. The number of anilines is 2. The minimum atomic E-state index is 0. The molecule has 0 aliphatic carbocycles. The lowest BCUT2D eigenvalue weighted by molar-refractivity contribution is 0.663. The lowest BCUT2D eigenvalue weighted by Gasteiger charge is -2.23. The first-order valence-corrected chi connectivity index (χ1v) is 6.25. The van der Waals surface area contributed by atoms with Crippen LogP contribution in [0.25, 0.3) is 0 Å². The van der Waals surface area contributed by atoms with Gasteiger partial charge in [-0.2, -0.15) is 5.10 Å². The van der Waals surface area contributed by atoms with E-state index in [-0.39, 0.29) is 12.4 Å². The number of aromatic nitrogens is 3. The maximum absolute atomic E-state index is 4.30. The van der Waals surface area contributed by atoms with Gasteiger partial charge in [-0.05, 0) is 18.6 Å². The lowest BCUT2D eigenvalue weighted by atomic mass is 10.2. The Morgan fingerprint density at radius 2 is 2.16 bits per heavy atom. The summed E-state index contributed by atoms with van der Waals surface area (Å²) in [4.78, 5) is 6.66. The SMILES string of the molecule is Cl.Cn1ncnc1CN1CCCNc2ccccc21. The molecule has 19 heavy (non-hydrogen) atoms. The highest BCUT2D eigenvalue weighted by molar-refractivity contribution is 5.85. The van der Waals surface area contributed by atoms with Gasteiger partial charge in [-0.3, -0.25) is 4.68 Å². The zero-order valence-corrected chi connectivity index (χ0v) is 11.7. The van der Waals surface area contributed by atoms with E-state index >= 15 is 0 Å². The minimum absolute atomic E-state index is 0. The molecule has 2 aromatic rings. The zero-order valence-electron chi connectivity index (χ0n) is 10.9. The normalized spacial score (nSPS) is 14.1. The van der Waals surface area contributed by atoms with Crippen LogP contribution in [0.2, 0.25) is 0 Å². The van der Waals surface area contributed by atoms with E-state index in [0.717, 1.165) is 31.9 Å². The molecule has 0 fully saturated rings. The molecule has 0 radical (unpaired) electrons. The topological polar surface area (TPSA) is 46.0 Å². The first-order chi connectivity index (χ1) is 8.84. The van der Waals surface area contributed by atoms with Gasteiger partial charge in [0, 0.05) is 20.1 Å². The number of rotatable bonds is 2. The van der Waals surface area contributed by atoms with Crippen LogP contribution in [0.3, 0.4) is 0 Å². The number of benzene rings is 1. The number of hydrogen-bond acceptors (Lipinski definition) is 4. The van der Waals surface area contributed by atoms with Crippen molar-refractivity contribution in [2.45, 2.75) is 13.0 Å². The van der Waals surface area contributed by atoms with E-state index in [1.807, 2.05) is 11.7 Å². The molecule has 0 amide bonds. The van der Waals surface area contributed by atoms with E-state index < -0.39 is 0 Å². The van der Waals surface area contributed by atoms with Crippen molar-refractivity contribution in [2.75, 3.05) is 23.3 Å². The van der Waals surface area contributed by atoms with Crippen LogP contribution in [0, 0.1) is 0 Å². The van der Waals surface area contributed by atoms with Gasteiger partial charge in [0.05, 0.1) is 17.9 Å². The van der Waals surface area contributed by atoms with E-state index in [4.69, 9.17) is 0 Å². The predicted molar refractivity (Wildman–Crippen MR) is 78.8 cm³/mol. The highest BCUT2D eigenvalue weighted by Gasteiger charge is 2.16. The van der Waals surface area contributed by atoms with Crippen LogP contribution in [0.1, 0.15) is 12.2 Å². The quantitative estimate of drug-likeness (QED) is 0.914. The van der Waals surface area contributed by atoms with Crippen molar-refractivity contribution in [3.63, 3.8) is 0 Å². The standard InChI is InChI=1S/C13H17N5.ClH/c1-17-13(15-10-16-17)9-18-8-4-7-14-11-5-2-3-6-12(11)18;/h2-3,5-6,10,14H,4,7-9H2,1H3;1H. The van der Waals surface area contributed by atoms with Gasteiger partial charge in [0.15, 0.2) is 0 Å². The first-order valence-electron chi connectivity index (χ1n) is 6.25. The highest BCUT2D eigenvalue weighted by atomic mass is 35.5. The molecule has 0 spiro atoms. The Morgan fingerprint density at radius 1 is 1.32 bits per heavy atom. The van der Waals surface area contributed by atoms with Gasteiger partial charge in [-0.1, -0.05) is 12.1 Å². The number of aryl methyl sites for hydroxylation is 1. The van der Waals surface area contributed by atoms with Crippen molar-refractivity contribution in [2.24, 2.45) is 7.05 Å². The average Bonchev–Trinajstić information content (AvgIpc) is 2.68. The van der Waals surface area contributed by atoms with Crippen LogP contribution in [-0.2, 0) is 13.6 Å². The second-order valence-electron chi connectivity index (χ2n) is 4.52. The van der Waals surface area contributed by atoms with E-state index in [9.17, 15) is 0 Å². The van der Waals surface area contributed by atoms with Gasteiger partial charge in [-0.25, -0.2) is 4.98 Å². The molecule has 1 aliphatic heterocycles. The summed E-state index contributed by atoms with van der Waals surface area (Å²) in [6.45, 7) is 2.86. The number of para-hydroxylation sites is 2. The number of hydrogen-bond donors (Lipinski definition) is 1. The average molecular weight is 280 g/mol. The Bertz CT molecular complexity index is 539. The second-order valence-corrected chi connectivity index (χ2v) is 4.52. The Morgan fingerprint density at radius 3 is 2.95 bits per heavy atom. The Kier molecular flexibility index (Phi) is 4.27. The summed E-state index contributed by atoms with van der Waals surface area (Å²) in [5.74, 6) is 0.992. The number of nitrogens with one attached hydrogen (secondary N) is 1. The molecule has 6 heteroatoms. The van der Waals surface area contributed by atoms with Gasteiger partial charge in [0.2, 0.25) is 0 Å². The van der Waals surface area contributed by atoms with Crippen LogP contribution >= 0.6 is 12.4 Å². The summed E-state index contributed by atoms with van der Waals surface area (Å²) in [7, 11) is 1.93. The third-order valence-corrected chi connectivity index (χ3v) is 3.30. The smallest absolute Gasteiger partial charge is 0.146 e. The third kappa shape index (κ3) is 2.81. The van der Waals surface area contributed by atoms with E-state index in [1.165, 1.54) is 11.4 Å². The van der Waals surface area contributed by atoms with Crippen molar-refractivity contribution in [3.05, 3.63) is 36.4 Å². The summed E-state index contributed by atoms with van der Waals surface area (Å²) >= 11 is 0. The van der Waals surface area contributed by atoms with Crippen LogP contribution in [0.5, 0.6) is 0 Å². The van der Waals surface area contributed by atoms with E-state index in [0.29, 0.717) is 0 Å². The maximum Gasteiger partial charge on any atom is 0.146 e. The van der Waals surface area contributed by atoms with Crippen molar-refractivity contribution >= 4 is 23.8 Å². The third-order valence-electron chi connectivity index (χ3n) is 3.30. The molecule has 0 bridgehead atoms. The van der Waals surface area contributed by atoms with Gasteiger partial charge in [0.1, 0.15) is 12.2 Å². The molecular formula is C13H18ClN5. The fourth-order valence-corrected chi connectivity index (χ4v) is 2.31. The minimum Gasteiger partial charge on any atom is -0.383 e. The highest BCUT2D eigenvalue weighted by Crippen LogP contribution is 2.28. The molecule has 0 atom stereocenters. The second kappa shape index (κ2) is 5.93. The summed E-state index contributed by atoms with van der Waals surface area (Å²) in [5.41, 5.74) is 2.45. The zero-order chi connectivity index (χ0) is 12.4. The number of nitrogens with zero attached hydrogens (tertiary/aromatic N) is 4. The molecular weight excluding hydrogens is 262 g/mol. The maximum atomic E-state index is 4.30. The van der Waals surface area contributed by atoms with Crippen LogP contribution in [0.15, 0.2) is 30.6 Å². The van der Waals surface area contributed by atoms with Crippen molar-refractivity contribution < 1.29 is 0 Å². The molecule has 3 rings (SSSR count). The Labute approximate surface area is 119 Å². The van der Waals surface area contributed by atoms with Crippen molar-refractivity contribution in [1.29, 1.82) is 0 Å². The van der Waals surface area contributed by atoms with Gasteiger partial charge < -0.3 is 10.2 Å². The number of fused-ring (bicyclic) bond motifs is 1. The summed E-state index contributed by atoms with van der Waals surface area (Å²) < 4.78 is 1.83. The predicted octanol–water partition coefficient (Wildman–Crippen LogP) is 2.06. The molecule has 1 aromatic heterocycles. The Balaban J connectivity index is 0.00000133. The summed E-state index contributed by atoms with van der Waals surface area (Å²) in [5, 5.41) is 7.59. The molecule has 102 valence electrons. The molecule has 5 nitrogen and oxygen atoms in total. The monoisotopic (exact) mass is 279 g/mol. The Hall–Kier alpha value is -1.75. The fraction of sp³-hybridized carbons (Fsp3) is 0.385. The molecule has 0 unspecified atom stereocenters. The van der Waals surface area contributed by atoms with Crippen molar-refractivity contribution in [3.8, 4) is 0 Å². The molecule has 2 heterocycles. The van der Waals surface area contributed by atoms with Crippen LogP contribution < -0.4 is 10.2 Å². The summed E-state index contributed by atoms with van der Waals surface area (Å²) in [6, 6.07) is 8.43. The van der Waals surface area contributed by atoms with E-state index in [1.54, 1.807) is 6.33 Å². The van der Waals surface area contributed by atoms with E-state index in [2.05, 4.69) is 44.6 Å². The molecule has 1 aromatic carbocycles. The first kappa shape index (κ1) is 13.7. The molecule has 1 N–H and O–H groups in total. The van der Waals surface area contributed by atoms with Crippen molar-refractivity contribution in [1.82, 2.24) is 14.8 Å². The van der Waals surface area contributed by atoms with Gasteiger partial charge in [-0.15, -0.1) is 12.4 Å². The molecule has 1 aliphatic rings. The molecule has 0 saturated heterocycles. The molecule has 0 saturated carbocycles. The van der Waals surface area contributed by atoms with Crippen LogP contribution in [0.4, 0.5) is 11.4 Å². The van der Waals surface area contributed by atoms with Gasteiger partial charge >= 0.3 is 0 Å².